The van der Waals surface area contributed by atoms with E-state index in [1.165, 1.54) is 5.56 Å². The summed E-state index contributed by atoms with van der Waals surface area (Å²) in [6.07, 6.45) is 3.99. The maximum absolute atomic E-state index is 12.7. The lowest BCUT2D eigenvalue weighted by Gasteiger charge is -2.28. The molecule has 0 bridgehead atoms. The molecule has 1 fully saturated rings. The van der Waals surface area contributed by atoms with Crippen LogP contribution in [0.25, 0.3) is 12.2 Å². The third kappa shape index (κ3) is 6.72. The number of hydrogen-bond acceptors (Lipinski definition) is 6. The second kappa shape index (κ2) is 11.7. The quantitative estimate of drug-likeness (QED) is 0.187. The molecular weight excluding hydrogens is 420 g/mol. The van der Waals surface area contributed by atoms with Crippen molar-refractivity contribution in [3.8, 4) is 0 Å². The van der Waals surface area contributed by atoms with Crippen LogP contribution in [-0.4, -0.2) is 59.3 Å². The zero-order valence-electron chi connectivity index (χ0n) is 19.1. The Kier molecular flexibility index (Phi) is 8.73. The van der Waals surface area contributed by atoms with E-state index in [2.05, 4.69) is 29.2 Å². The lowest BCUT2D eigenvalue weighted by atomic mass is 10.0. The van der Waals surface area contributed by atoms with Gasteiger partial charge in [-0.3, -0.25) is 24.7 Å². The fourth-order valence-corrected chi connectivity index (χ4v) is 3.77. The van der Waals surface area contributed by atoms with E-state index in [0.29, 0.717) is 5.56 Å². The van der Waals surface area contributed by atoms with E-state index in [0.717, 1.165) is 49.0 Å². The number of carbonyl (C=O) groups excluding carboxylic acids is 2. The van der Waals surface area contributed by atoms with Gasteiger partial charge in [0.15, 0.2) is 0 Å². The first-order valence-corrected chi connectivity index (χ1v) is 11.1. The number of nitrogens with zero attached hydrogens (tertiary/aromatic N) is 2. The zero-order valence-corrected chi connectivity index (χ0v) is 19.1. The third-order valence-corrected chi connectivity index (χ3v) is 5.66. The molecule has 0 radical (unpaired) electrons. The SMILES string of the molecule is CC(C)C(C(=O)NO)N(N)C(=O)c1ccc(/C=C/c2ccc(CN3CCOCC3)cc2)cc1. The van der Waals surface area contributed by atoms with Crippen LogP contribution in [0, 0.1) is 5.92 Å². The summed E-state index contributed by atoms with van der Waals surface area (Å²) in [6, 6.07) is 14.5. The predicted molar refractivity (Wildman–Crippen MR) is 127 cm³/mol. The van der Waals surface area contributed by atoms with Crippen LogP contribution in [0.5, 0.6) is 0 Å². The number of rotatable bonds is 8. The maximum atomic E-state index is 12.7. The molecule has 176 valence electrons. The van der Waals surface area contributed by atoms with Gasteiger partial charge in [-0.25, -0.2) is 11.3 Å². The molecule has 1 saturated heterocycles. The second-order valence-corrected chi connectivity index (χ2v) is 8.46. The van der Waals surface area contributed by atoms with E-state index in [4.69, 9.17) is 15.8 Å². The Hall–Kier alpha value is -3.04. The Morgan fingerprint density at radius 3 is 2.12 bits per heavy atom. The first kappa shape index (κ1) is 24.6. The Balaban J connectivity index is 1.60. The Labute approximate surface area is 194 Å². The van der Waals surface area contributed by atoms with Gasteiger partial charge < -0.3 is 4.74 Å². The minimum absolute atomic E-state index is 0.270. The molecule has 1 aliphatic heterocycles. The normalized spacial score (nSPS) is 15.5. The number of hydroxylamine groups is 1. The van der Waals surface area contributed by atoms with E-state index < -0.39 is 17.9 Å². The summed E-state index contributed by atoms with van der Waals surface area (Å²) >= 11 is 0. The molecule has 0 aliphatic carbocycles. The summed E-state index contributed by atoms with van der Waals surface area (Å²) in [7, 11) is 0. The molecule has 3 rings (SSSR count). The van der Waals surface area contributed by atoms with E-state index >= 15 is 0 Å². The number of hydrazine groups is 1. The van der Waals surface area contributed by atoms with E-state index in [1.807, 2.05) is 24.3 Å². The predicted octanol–water partition coefficient (Wildman–Crippen LogP) is 2.54. The molecule has 2 aromatic carbocycles. The van der Waals surface area contributed by atoms with Crippen LogP contribution in [-0.2, 0) is 16.1 Å². The summed E-state index contributed by atoms with van der Waals surface area (Å²) in [6.45, 7) is 7.95. The van der Waals surface area contributed by atoms with Crippen molar-refractivity contribution in [2.75, 3.05) is 26.3 Å². The van der Waals surface area contributed by atoms with Gasteiger partial charge in [0.1, 0.15) is 6.04 Å². The molecule has 0 saturated carbocycles. The van der Waals surface area contributed by atoms with Crippen molar-refractivity contribution < 1.29 is 19.5 Å². The van der Waals surface area contributed by atoms with Crippen LogP contribution in [0.1, 0.15) is 40.9 Å². The summed E-state index contributed by atoms with van der Waals surface area (Å²) in [4.78, 5) is 26.9. The maximum Gasteiger partial charge on any atom is 0.268 e. The van der Waals surface area contributed by atoms with Crippen LogP contribution < -0.4 is 11.3 Å². The lowest BCUT2D eigenvalue weighted by molar-refractivity contribution is -0.135. The minimum Gasteiger partial charge on any atom is -0.379 e. The average molecular weight is 453 g/mol. The molecular formula is C25H32N4O4. The van der Waals surface area contributed by atoms with E-state index in [1.54, 1.807) is 31.5 Å². The van der Waals surface area contributed by atoms with Crippen molar-refractivity contribution in [2.24, 2.45) is 11.8 Å². The summed E-state index contributed by atoms with van der Waals surface area (Å²) < 4.78 is 5.39. The highest BCUT2D eigenvalue weighted by atomic mass is 16.5. The number of morpholine rings is 1. The van der Waals surface area contributed by atoms with Gasteiger partial charge >= 0.3 is 0 Å². The van der Waals surface area contributed by atoms with Crippen LogP contribution in [0.4, 0.5) is 0 Å². The minimum atomic E-state index is -0.978. The number of nitrogens with one attached hydrogen (secondary N) is 1. The smallest absolute Gasteiger partial charge is 0.268 e. The van der Waals surface area contributed by atoms with Crippen molar-refractivity contribution in [3.63, 3.8) is 0 Å². The van der Waals surface area contributed by atoms with Crippen molar-refractivity contribution in [2.45, 2.75) is 26.4 Å². The summed E-state index contributed by atoms with van der Waals surface area (Å²) in [5.74, 6) is 4.41. The van der Waals surface area contributed by atoms with E-state index in [9.17, 15) is 9.59 Å². The number of benzene rings is 2. The fraction of sp³-hybridized carbons (Fsp3) is 0.360. The van der Waals surface area contributed by atoms with Gasteiger partial charge in [0.05, 0.1) is 13.2 Å². The third-order valence-electron chi connectivity index (χ3n) is 5.66. The molecule has 0 aromatic heterocycles. The molecule has 1 atom stereocenters. The largest absolute Gasteiger partial charge is 0.379 e. The van der Waals surface area contributed by atoms with Crippen molar-refractivity contribution in [3.05, 3.63) is 70.8 Å². The first-order chi connectivity index (χ1) is 15.9. The molecule has 2 aromatic rings. The molecule has 2 amide bonds. The molecule has 8 heteroatoms. The van der Waals surface area contributed by atoms with E-state index in [-0.39, 0.29) is 5.92 Å². The first-order valence-electron chi connectivity index (χ1n) is 11.1. The highest BCUT2D eigenvalue weighted by Gasteiger charge is 2.31. The number of amides is 2. The van der Waals surface area contributed by atoms with Gasteiger partial charge in [0.2, 0.25) is 0 Å². The summed E-state index contributed by atoms with van der Waals surface area (Å²) in [5.41, 5.74) is 5.22. The fourth-order valence-electron chi connectivity index (χ4n) is 3.77. The number of ether oxygens (including phenoxy) is 1. The second-order valence-electron chi connectivity index (χ2n) is 8.46. The standard InChI is InChI=1S/C25H32N4O4/c1-18(2)23(24(30)27-32)29(26)25(31)22-11-9-20(10-12-22)4-3-19-5-7-21(8-6-19)17-28-13-15-33-16-14-28/h3-12,18,23,32H,13-17,26H2,1-2H3,(H,27,30)/b4-3+. The van der Waals surface area contributed by atoms with Gasteiger partial charge in [0, 0.05) is 25.2 Å². The highest BCUT2D eigenvalue weighted by Crippen LogP contribution is 2.15. The molecule has 8 nitrogen and oxygen atoms in total. The molecule has 1 heterocycles. The zero-order chi connectivity index (χ0) is 23.8. The van der Waals surface area contributed by atoms with Crippen molar-refractivity contribution in [1.29, 1.82) is 0 Å². The number of nitrogens with two attached hydrogens (primary N) is 1. The average Bonchev–Trinajstić information content (AvgIpc) is 2.84. The van der Waals surface area contributed by atoms with Gasteiger partial charge in [-0.05, 0) is 34.7 Å². The molecule has 4 N–H and O–H groups in total. The lowest BCUT2D eigenvalue weighted by Crippen LogP contribution is -2.55. The van der Waals surface area contributed by atoms with Crippen LogP contribution in [0.3, 0.4) is 0 Å². The van der Waals surface area contributed by atoms with Gasteiger partial charge in [0.25, 0.3) is 11.8 Å². The van der Waals surface area contributed by atoms with Crippen molar-refractivity contribution in [1.82, 2.24) is 15.4 Å². The van der Waals surface area contributed by atoms with Gasteiger partial charge in [-0.1, -0.05) is 62.4 Å². The molecule has 1 aliphatic rings. The van der Waals surface area contributed by atoms with Gasteiger partial charge in [-0.2, -0.15) is 0 Å². The topological polar surface area (TPSA) is 108 Å². The van der Waals surface area contributed by atoms with Crippen LogP contribution in [0.2, 0.25) is 0 Å². The Morgan fingerprint density at radius 1 is 1.06 bits per heavy atom. The van der Waals surface area contributed by atoms with Gasteiger partial charge in [-0.15, -0.1) is 0 Å². The van der Waals surface area contributed by atoms with Crippen LogP contribution >= 0.6 is 0 Å². The Bertz CT molecular complexity index is 951. The molecule has 33 heavy (non-hydrogen) atoms. The number of hydrogen-bond donors (Lipinski definition) is 3. The summed E-state index contributed by atoms with van der Waals surface area (Å²) in [5, 5.41) is 9.79. The van der Waals surface area contributed by atoms with Crippen LogP contribution in [0.15, 0.2) is 48.5 Å². The molecule has 0 spiro atoms. The number of carbonyl (C=O) groups is 2. The Morgan fingerprint density at radius 2 is 1.61 bits per heavy atom. The highest BCUT2D eigenvalue weighted by molar-refractivity contribution is 5.97. The monoisotopic (exact) mass is 452 g/mol. The molecule has 1 unspecified atom stereocenters. The van der Waals surface area contributed by atoms with Crippen molar-refractivity contribution >= 4 is 24.0 Å².